The van der Waals surface area contributed by atoms with E-state index in [0.29, 0.717) is 0 Å². The molecule has 0 radical (unpaired) electrons. The fourth-order valence-corrected chi connectivity index (χ4v) is 1.90. The Morgan fingerprint density at radius 3 is 2.36 bits per heavy atom. The smallest absolute Gasteiger partial charge is 0.412 e. The molecule has 5 heteroatoms. The van der Waals surface area contributed by atoms with Crippen molar-refractivity contribution in [2.24, 2.45) is 5.92 Å². The predicted octanol–water partition coefficient (Wildman–Crippen LogP) is 3.41. The minimum absolute atomic E-state index is 0.120. The maximum Gasteiger partial charge on any atom is 0.412 e. The lowest BCUT2D eigenvalue weighted by Crippen LogP contribution is -2.29. The highest BCUT2D eigenvalue weighted by Gasteiger charge is 2.16. The Kier molecular flexibility index (Phi) is 7.75. The van der Waals surface area contributed by atoms with Crippen LogP contribution in [0.3, 0.4) is 0 Å². The van der Waals surface area contributed by atoms with E-state index in [-0.39, 0.29) is 18.2 Å². The van der Waals surface area contributed by atoms with Gasteiger partial charge in [0.25, 0.3) is 0 Å². The van der Waals surface area contributed by atoms with E-state index in [9.17, 15) is 9.59 Å². The minimum Gasteiger partial charge on any atom is -0.464 e. The Balaban J connectivity index is 2.65. The fourth-order valence-electron chi connectivity index (χ4n) is 1.90. The first-order chi connectivity index (χ1) is 10.6. The van der Waals surface area contributed by atoms with Gasteiger partial charge in [0.05, 0.1) is 7.11 Å². The van der Waals surface area contributed by atoms with Gasteiger partial charge in [-0.15, -0.1) is 0 Å². The van der Waals surface area contributed by atoms with Gasteiger partial charge in [-0.3, -0.25) is 5.32 Å². The summed E-state index contributed by atoms with van der Waals surface area (Å²) in [5, 5.41) is 2.46. The summed E-state index contributed by atoms with van der Waals surface area (Å²) in [6, 6.07) is 9.33. The molecular formula is C17H23NO4. The third kappa shape index (κ3) is 5.99. The number of hydrogen-bond donors (Lipinski definition) is 1. The molecule has 1 N–H and O–H groups in total. The molecule has 1 rings (SSSR count). The standard InChI is InChI=1S/C17H23NO4/c1-4-13(5-2)11-15(16(19)21-3)18-17(20)22-12-14-9-7-6-8-10-14/h6-11,13H,4-5,12H2,1-3H3,(H,18,20)/b15-11-. The molecule has 1 aromatic carbocycles. The molecule has 1 aromatic rings. The summed E-state index contributed by atoms with van der Waals surface area (Å²) in [5.74, 6) is -0.382. The molecule has 0 aliphatic rings. The number of ether oxygens (including phenoxy) is 2. The van der Waals surface area contributed by atoms with E-state index < -0.39 is 12.1 Å². The highest BCUT2D eigenvalue weighted by Crippen LogP contribution is 2.12. The number of amides is 1. The number of esters is 1. The van der Waals surface area contributed by atoms with E-state index in [0.717, 1.165) is 18.4 Å². The zero-order chi connectivity index (χ0) is 16.4. The van der Waals surface area contributed by atoms with Crippen LogP contribution < -0.4 is 5.32 Å². The number of methoxy groups -OCH3 is 1. The number of allylic oxidation sites excluding steroid dienone is 1. The quantitative estimate of drug-likeness (QED) is 0.619. The lowest BCUT2D eigenvalue weighted by atomic mass is 10.0. The molecule has 0 saturated heterocycles. The van der Waals surface area contributed by atoms with Gasteiger partial charge in [0.15, 0.2) is 0 Å². The summed E-state index contributed by atoms with van der Waals surface area (Å²) in [7, 11) is 1.28. The normalized spacial score (nSPS) is 11.2. The van der Waals surface area contributed by atoms with E-state index in [2.05, 4.69) is 10.1 Å². The molecule has 0 atom stereocenters. The summed E-state index contributed by atoms with van der Waals surface area (Å²) >= 11 is 0. The number of hydrogen-bond acceptors (Lipinski definition) is 4. The molecule has 0 saturated carbocycles. The van der Waals surface area contributed by atoms with Crippen molar-refractivity contribution < 1.29 is 19.1 Å². The van der Waals surface area contributed by atoms with Crippen LogP contribution in [0.4, 0.5) is 4.79 Å². The van der Waals surface area contributed by atoms with E-state index in [1.165, 1.54) is 7.11 Å². The maximum absolute atomic E-state index is 11.8. The summed E-state index contributed by atoms with van der Waals surface area (Å²) in [6.07, 6.45) is 2.79. The second kappa shape index (κ2) is 9.60. The van der Waals surface area contributed by atoms with E-state index in [4.69, 9.17) is 4.74 Å². The topological polar surface area (TPSA) is 64.6 Å². The minimum atomic E-state index is -0.675. The van der Waals surface area contributed by atoms with Gasteiger partial charge >= 0.3 is 12.1 Å². The zero-order valence-electron chi connectivity index (χ0n) is 13.3. The highest BCUT2D eigenvalue weighted by molar-refractivity contribution is 5.92. The van der Waals surface area contributed by atoms with Crippen LogP contribution in [-0.4, -0.2) is 19.2 Å². The molecule has 1 amide bonds. The number of rotatable bonds is 7. The summed E-state index contributed by atoms with van der Waals surface area (Å²) in [4.78, 5) is 23.6. The van der Waals surface area contributed by atoms with Crippen molar-refractivity contribution in [3.63, 3.8) is 0 Å². The lowest BCUT2D eigenvalue weighted by Gasteiger charge is -2.12. The van der Waals surface area contributed by atoms with Crippen LogP contribution in [0.1, 0.15) is 32.3 Å². The van der Waals surface area contributed by atoms with E-state index in [1.54, 1.807) is 6.08 Å². The van der Waals surface area contributed by atoms with Crippen LogP contribution in [-0.2, 0) is 20.9 Å². The van der Waals surface area contributed by atoms with Gasteiger partial charge in [0.2, 0.25) is 0 Å². The molecule has 0 aliphatic carbocycles. The number of nitrogens with one attached hydrogen (secondary N) is 1. The molecule has 22 heavy (non-hydrogen) atoms. The zero-order valence-corrected chi connectivity index (χ0v) is 13.3. The van der Waals surface area contributed by atoms with Crippen LogP contribution in [0.25, 0.3) is 0 Å². The van der Waals surface area contributed by atoms with Crippen molar-refractivity contribution in [3.8, 4) is 0 Å². The Labute approximate surface area is 131 Å². The third-order valence-electron chi connectivity index (χ3n) is 3.31. The van der Waals surface area contributed by atoms with Crippen molar-refractivity contribution in [1.29, 1.82) is 0 Å². The van der Waals surface area contributed by atoms with Crippen LogP contribution >= 0.6 is 0 Å². The van der Waals surface area contributed by atoms with Crippen LogP contribution in [0.15, 0.2) is 42.1 Å². The first kappa shape index (κ1) is 17.8. The van der Waals surface area contributed by atoms with Gasteiger partial charge in [0, 0.05) is 0 Å². The first-order valence-corrected chi connectivity index (χ1v) is 7.38. The van der Waals surface area contributed by atoms with Gasteiger partial charge in [0.1, 0.15) is 12.3 Å². The van der Waals surface area contributed by atoms with Crippen molar-refractivity contribution in [2.75, 3.05) is 7.11 Å². The van der Waals surface area contributed by atoms with E-state index >= 15 is 0 Å². The Bertz CT molecular complexity index is 507. The molecule has 120 valence electrons. The largest absolute Gasteiger partial charge is 0.464 e. The molecule has 0 aliphatic heterocycles. The molecule has 5 nitrogen and oxygen atoms in total. The fraction of sp³-hybridized carbons (Fsp3) is 0.412. The second-order valence-electron chi connectivity index (χ2n) is 4.84. The number of carbonyl (C=O) groups excluding carboxylic acids is 2. The van der Waals surface area contributed by atoms with Crippen molar-refractivity contribution >= 4 is 12.1 Å². The molecule has 0 heterocycles. The number of carbonyl (C=O) groups is 2. The molecule has 0 aromatic heterocycles. The highest BCUT2D eigenvalue weighted by atomic mass is 16.6. The average Bonchev–Trinajstić information content (AvgIpc) is 2.56. The third-order valence-corrected chi connectivity index (χ3v) is 3.31. The molecule has 0 bridgehead atoms. The number of benzene rings is 1. The number of alkyl carbamates (subject to hydrolysis) is 1. The van der Waals surface area contributed by atoms with Crippen molar-refractivity contribution in [3.05, 3.63) is 47.7 Å². The Hall–Kier alpha value is -2.30. The van der Waals surface area contributed by atoms with Crippen LogP contribution in [0.2, 0.25) is 0 Å². The Morgan fingerprint density at radius 1 is 1.18 bits per heavy atom. The van der Waals surface area contributed by atoms with Crippen LogP contribution in [0.5, 0.6) is 0 Å². The van der Waals surface area contributed by atoms with Gasteiger partial charge in [-0.1, -0.05) is 50.3 Å². The van der Waals surface area contributed by atoms with Gasteiger partial charge in [-0.05, 0) is 24.3 Å². The molecule has 0 unspecified atom stereocenters. The van der Waals surface area contributed by atoms with Crippen LogP contribution in [0, 0.1) is 5.92 Å². The van der Waals surface area contributed by atoms with E-state index in [1.807, 2.05) is 44.2 Å². The molecule has 0 spiro atoms. The monoisotopic (exact) mass is 305 g/mol. The molecular weight excluding hydrogens is 282 g/mol. The summed E-state index contributed by atoms with van der Waals surface area (Å²) in [5.41, 5.74) is 0.996. The SMILES string of the molecule is CCC(/C=C(\NC(=O)OCc1ccccc1)C(=O)OC)CC. The van der Waals surface area contributed by atoms with Gasteiger partial charge in [-0.25, -0.2) is 9.59 Å². The van der Waals surface area contributed by atoms with Crippen molar-refractivity contribution in [1.82, 2.24) is 5.32 Å². The lowest BCUT2D eigenvalue weighted by molar-refractivity contribution is -0.136. The maximum atomic E-state index is 11.8. The summed E-state index contributed by atoms with van der Waals surface area (Å²) in [6.45, 7) is 4.19. The second-order valence-corrected chi connectivity index (χ2v) is 4.84. The summed E-state index contributed by atoms with van der Waals surface area (Å²) < 4.78 is 9.79. The molecule has 0 fully saturated rings. The Morgan fingerprint density at radius 2 is 1.82 bits per heavy atom. The average molecular weight is 305 g/mol. The predicted molar refractivity (Wildman–Crippen MR) is 83.9 cm³/mol. The van der Waals surface area contributed by atoms with Gasteiger partial charge < -0.3 is 9.47 Å². The van der Waals surface area contributed by atoms with Crippen molar-refractivity contribution in [2.45, 2.75) is 33.3 Å². The first-order valence-electron chi connectivity index (χ1n) is 7.38. The van der Waals surface area contributed by atoms with Gasteiger partial charge in [-0.2, -0.15) is 0 Å².